The molecule has 138 valence electrons. The maximum atomic E-state index is 12.4. The highest BCUT2D eigenvalue weighted by molar-refractivity contribution is 7.17. The van der Waals surface area contributed by atoms with E-state index in [1.807, 2.05) is 17.5 Å². The molecule has 6 nitrogen and oxygen atoms in total. The summed E-state index contributed by atoms with van der Waals surface area (Å²) in [5.74, 6) is -1.43. The van der Waals surface area contributed by atoms with Gasteiger partial charge in [0.15, 0.2) is 6.10 Å². The molecule has 0 spiro atoms. The SMILES string of the molecule is C[C@H](OC(=O)CCc1cccs1)C(=O)Nc1sc2c(c1C(N)=O)CCC2. The summed E-state index contributed by atoms with van der Waals surface area (Å²) < 4.78 is 5.20. The quantitative estimate of drug-likeness (QED) is 0.708. The predicted molar refractivity (Wildman–Crippen MR) is 102 cm³/mol. The molecule has 0 saturated carbocycles. The Kier molecular flexibility index (Phi) is 5.73. The Bertz CT molecular complexity index is 827. The fraction of sp³-hybridized carbons (Fsp3) is 0.389. The molecule has 26 heavy (non-hydrogen) atoms. The molecule has 1 atom stereocenters. The van der Waals surface area contributed by atoms with Gasteiger partial charge in [-0.3, -0.25) is 14.4 Å². The number of amides is 2. The normalized spacial score (nSPS) is 13.9. The minimum Gasteiger partial charge on any atom is -0.453 e. The molecule has 2 amide bonds. The number of esters is 1. The van der Waals surface area contributed by atoms with Gasteiger partial charge in [-0.2, -0.15) is 0 Å². The van der Waals surface area contributed by atoms with Crippen LogP contribution in [-0.4, -0.2) is 23.9 Å². The summed E-state index contributed by atoms with van der Waals surface area (Å²) in [5, 5.41) is 5.10. The van der Waals surface area contributed by atoms with E-state index in [9.17, 15) is 14.4 Å². The van der Waals surface area contributed by atoms with Crippen LogP contribution >= 0.6 is 22.7 Å². The first kappa shape index (κ1) is 18.6. The topological polar surface area (TPSA) is 98.5 Å². The molecule has 1 aliphatic carbocycles. The number of primary amides is 1. The van der Waals surface area contributed by atoms with Gasteiger partial charge in [0.05, 0.1) is 12.0 Å². The number of rotatable bonds is 7. The maximum absolute atomic E-state index is 12.4. The summed E-state index contributed by atoms with van der Waals surface area (Å²) in [6.45, 7) is 1.52. The van der Waals surface area contributed by atoms with Crippen LogP contribution < -0.4 is 11.1 Å². The van der Waals surface area contributed by atoms with E-state index >= 15 is 0 Å². The minimum atomic E-state index is -0.941. The average Bonchev–Trinajstić information content (AvgIpc) is 3.29. The molecule has 1 aliphatic rings. The Morgan fingerprint density at radius 3 is 2.85 bits per heavy atom. The maximum Gasteiger partial charge on any atom is 0.306 e. The molecular weight excluding hydrogens is 372 g/mol. The number of carbonyl (C=O) groups excluding carboxylic acids is 3. The number of nitrogens with one attached hydrogen (secondary N) is 1. The molecule has 0 radical (unpaired) electrons. The second kappa shape index (κ2) is 8.01. The number of anilines is 1. The largest absolute Gasteiger partial charge is 0.453 e. The van der Waals surface area contributed by atoms with Crippen molar-refractivity contribution >= 4 is 45.5 Å². The summed E-state index contributed by atoms with van der Waals surface area (Å²) in [7, 11) is 0. The lowest BCUT2D eigenvalue weighted by Gasteiger charge is -2.13. The van der Waals surface area contributed by atoms with Crippen LogP contribution in [0.5, 0.6) is 0 Å². The highest BCUT2D eigenvalue weighted by Gasteiger charge is 2.27. The lowest BCUT2D eigenvalue weighted by atomic mass is 10.1. The summed E-state index contributed by atoms with van der Waals surface area (Å²) >= 11 is 2.96. The standard InChI is InChI=1S/C18H20N2O4S2/c1-10(24-14(21)8-7-11-4-3-9-25-11)17(23)20-18-15(16(19)22)12-5-2-6-13(12)26-18/h3-4,9-10H,2,5-8H2,1H3,(H2,19,22)(H,20,23)/t10-/m0/s1. The molecular formula is C18H20N2O4S2. The van der Waals surface area contributed by atoms with Gasteiger partial charge in [0.2, 0.25) is 0 Å². The van der Waals surface area contributed by atoms with Crippen molar-refractivity contribution in [3.8, 4) is 0 Å². The van der Waals surface area contributed by atoms with Crippen molar-refractivity contribution < 1.29 is 19.1 Å². The average molecular weight is 393 g/mol. The molecule has 0 aliphatic heterocycles. The molecule has 2 aromatic heterocycles. The van der Waals surface area contributed by atoms with Crippen LogP contribution in [0.25, 0.3) is 0 Å². The Balaban J connectivity index is 1.57. The highest BCUT2D eigenvalue weighted by atomic mass is 32.1. The fourth-order valence-electron chi connectivity index (χ4n) is 2.96. The number of carbonyl (C=O) groups is 3. The minimum absolute atomic E-state index is 0.220. The second-order valence-electron chi connectivity index (χ2n) is 6.13. The molecule has 0 unspecified atom stereocenters. The third-order valence-corrected chi connectivity index (χ3v) is 6.38. The van der Waals surface area contributed by atoms with Crippen LogP contribution in [0.15, 0.2) is 17.5 Å². The molecule has 3 rings (SSSR count). The Hall–Kier alpha value is -2.19. The summed E-state index contributed by atoms with van der Waals surface area (Å²) in [4.78, 5) is 38.2. The zero-order valence-corrected chi connectivity index (χ0v) is 16.0. The first-order valence-corrected chi connectivity index (χ1v) is 10.1. The van der Waals surface area contributed by atoms with E-state index in [1.165, 1.54) is 18.3 Å². The monoisotopic (exact) mass is 392 g/mol. The molecule has 0 saturated heterocycles. The van der Waals surface area contributed by atoms with Gasteiger partial charge in [-0.1, -0.05) is 6.07 Å². The molecule has 2 heterocycles. The predicted octanol–water partition coefficient (Wildman–Crippen LogP) is 2.90. The third-order valence-electron chi connectivity index (χ3n) is 4.24. The van der Waals surface area contributed by atoms with Crippen molar-refractivity contribution in [2.24, 2.45) is 5.73 Å². The number of nitrogens with two attached hydrogens (primary N) is 1. The highest BCUT2D eigenvalue weighted by Crippen LogP contribution is 2.38. The third kappa shape index (κ3) is 4.13. The molecule has 2 aromatic rings. The summed E-state index contributed by atoms with van der Waals surface area (Å²) in [6, 6.07) is 3.88. The number of hydrogen-bond donors (Lipinski definition) is 2. The van der Waals surface area contributed by atoms with Gasteiger partial charge in [0, 0.05) is 9.75 Å². The van der Waals surface area contributed by atoms with Gasteiger partial charge >= 0.3 is 5.97 Å². The van der Waals surface area contributed by atoms with E-state index in [1.54, 1.807) is 11.3 Å². The Morgan fingerprint density at radius 2 is 2.15 bits per heavy atom. The zero-order chi connectivity index (χ0) is 18.7. The number of hydrogen-bond acceptors (Lipinski definition) is 6. The van der Waals surface area contributed by atoms with E-state index in [0.717, 1.165) is 34.6 Å². The summed E-state index contributed by atoms with van der Waals surface area (Å²) in [5.41, 5.74) is 6.82. The van der Waals surface area contributed by atoms with E-state index in [0.29, 0.717) is 17.0 Å². The number of aryl methyl sites for hydroxylation is 2. The Morgan fingerprint density at radius 1 is 1.35 bits per heavy atom. The van der Waals surface area contributed by atoms with E-state index in [4.69, 9.17) is 10.5 Å². The van der Waals surface area contributed by atoms with Gasteiger partial charge in [0.25, 0.3) is 11.8 Å². The lowest BCUT2D eigenvalue weighted by Crippen LogP contribution is -2.30. The van der Waals surface area contributed by atoms with Crippen molar-refractivity contribution in [3.05, 3.63) is 38.4 Å². The number of thiophene rings is 2. The van der Waals surface area contributed by atoms with Gasteiger partial charge in [-0.15, -0.1) is 22.7 Å². The summed E-state index contributed by atoms with van der Waals surface area (Å²) in [6.07, 6.45) is 2.56. The van der Waals surface area contributed by atoms with Crippen LogP contribution in [0, 0.1) is 0 Å². The van der Waals surface area contributed by atoms with Crippen LogP contribution in [0.2, 0.25) is 0 Å². The van der Waals surface area contributed by atoms with E-state index in [-0.39, 0.29) is 6.42 Å². The van der Waals surface area contributed by atoms with Crippen molar-refractivity contribution in [2.75, 3.05) is 5.32 Å². The smallest absolute Gasteiger partial charge is 0.306 e. The van der Waals surface area contributed by atoms with Gasteiger partial charge in [0.1, 0.15) is 5.00 Å². The zero-order valence-electron chi connectivity index (χ0n) is 14.4. The molecule has 0 aromatic carbocycles. The number of ether oxygens (including phenoxy) is 1. The number of fused-ring (bicyclic) bond motifs is 1. The van der Waals surface area contributed by atoms with Crippen molar-refractivity contribution in [2.45, 2.75) is 45.1 Å². The van der Waals surface area contributed by atoms with Crippen molar-refractivity contribution in [1.82, 2.24) is 0 Å². The van der Waals surface area contributed by atoms with Crippen LogP contribution in [0.4, 0.5) is 5.00 Å². The molecule has 3 N–H and O–H groups in total. The Labute approximate surface area is 159 Å². The first-order chi connectivity index (χ1) is 12.5. The van der Waals surface area contributed by atoms with Crippen LogP contribution in [0.1, 0.15) is 45.4 Å². The lowest BCUT2D eigenvalue weighted by molar-refractivity contribution is -0.153. The van der Waals surface area contributed by atoms with Gasteiger partial charge < -0.3 is 15.8 Å². The second-order valence-corrected chi connectivity index (χ2v) is 8.26. The van der Waals surface area contributed by atoms with Gasteiger partial charge in [-0.25, -0.2) is 0 Å². The molecule has 0 fully saturated rings. The van der Waals surface area contributed by atoms with Crippen LogP contribution in [0.3, 0.4) is 0 Å². The van der Waals surface area contributed by atoms with Gasteiger partial charge in [-0.05, 0) is 49.6 Å². The first-order valence-electron chi connectivity index (χ1n) is 8.42. The van der Waals surface area contributed by atoms with Crippen LogP contribution in [-0.2, 0) is 33.6 Å². The van der Waals surface area contributed by atoms with E-state index < -0.39 is 23.9 Å². The fourth-order valence-corrected chi connectivity index (χ4v) is 4.96. The van der Waals surface area contributed by atoms with Crippen molar-refractivity contribution in [1.29, 1.82) is 0 Å². The van der Waals surface area contributed by atoms with Crippen molar-refractivity contribution in [3.63, 3.8) is 0 Å². The molecule has 8 heteroatoms. The molecule has 0 bridgehead atoms. The van der Waals surface area contributed by atoms with E-state index in [2.05, 4.69) is 5.32 Å².